The van der Waals surface area contributed by atoms with Crippen molar-refractivity contribution in [3.8, 4) is 0 Å². The molecule has 0 aromatic heterocycles. The van der Waals surface area contributed by atoms with Gasteiger partial charge in [0.15, 0.2) is 0 Å². The number of carbonyl (C=O) groups is 2. The summed E-state index contributed by atoms with van der Waals surface area (Å²) in [7, 11) is 0. The maximum absolute atomic E-state index is 12.0. The summed E-state index contributed by atoms with van der Waals surface area (Å²) in [6.45, 7) is 8.18. The van der Waals surface area contributed by atoms with Crippen molar-refractivity contribution in [2.75, 3.05) is 39.3 Å². The minimum absolute atomic E-state index is 0.0365. The van der Waals surface area contributed by atoms with Crippen molar-refractivity contribution in [3.63, 3.8) is 0 Å². The van der Waals surface area contributed by atoms with Crippen molar-refractivity contribution >= 4 is 11.8 Å². The Morgan fingerprint density at radius 2 is 2.00 bits per heavy atom. The van der Waals surface area contributed by atoms with E-state index in [-0.39, 0.29) is 24.3 Å². The van der Waals surface area contributed by atoms with E-state index in [2.05, 4.69) is 16.8 Å². The molecule has 106 valence electrons. The second-order valence-electron chi connectivity index (χ2n) is 5.32. The molecule has 0 bridgehead atoms. The van der Waals surface area contributed by atoms with Gasteiger partial charge in [-0.05, 0) is 19.3 Å². The lowest BCUT2D eigenvalue weighted by molar-refractivity contribution is -0.133. The number of hydrogen-bond acceptors (Lipinski definition) is 3. The third-order valence-electron chi connectivity index (χ3n) is 3.69. The maximum Gasteiger partial charge on any atom is 0.242 e. The van der Waals surface area contributed by atoms with E-state index < -0.39 is 0 Å². The lowest BCUT2D eigenvalue weighted by atomic mass is 10.3. The number of hydrogen-bond donors (Lipinski definition) is 1. The fourth-order valence-electron chi connectivity index (χ4n) is 2.35. The number of nitrogens with zero attached hydrogens (tertiary/aromatic N) is 2. The van der Waals surface area contributed by atoms with Crippen LogP contribution in [-0.4, -0.2) is 60.9 Å². The molecule has 1 aliphatic carbocycles. The van der Waals surface area contributed by atoms with E-state index in [1.165, 1.54) is 0 Å². The Hall–Kier alpha value is -1.36. The molecule has 1 heterocycles. The Kier molecular flexibility index (Phi) is 4.96. The fourth-order valence-corrected chi connectivity index (χ4v) is 2.35. The van der Waals surface area contributed by atoms with Crippen LogP contribution in [0.15, 0.2) is 12.7 Å². The number of carbonyl (C=O) groups excluding carboxylic acids is 2. The molecule has 0 aromatic carbocycles. The van der Waals surface area contributed by atoms with Crippen LogP contribution in [0.25, 0.3) is 0 Å². The van der Waals surface area contributed by atoms with Crippen LogP contribution in [0, 0.1) is 5.92 Å². The summed E-state index contributed by atoms with van der Waals surface area (Å²) in [6.07, 6.45) is 4.82. The van der Waals surface area contributed by atoms with Crippen molar-refractivity contribution in [2.45, 2.75) is 19.3 Å². The zero-order chi connectivity index (χ0) is 13.7. The lowest BCUT2D eigenvalue weighted by Gasteiger charge is -2.21. The van der Waals surface area contributed by atoms with E-state index in [0.29, 0.717) is 0 Å². The lowest BCUT2D eigenvalue weighted by Crippen LogP contribution is -2.42. The molecule has 0 spiro atoms. The molecule has 19 heavy (non-hydrogen) atoms. The van der Waals surface area contributed by atoms with E-state index in [1.807, 2.05) is 11.0 Å². The Balaban J connectivity index is 1.72. The Morgan fingerprint density at radius 1 is 1.21 bits per heavy atom. The number of amides is 2. The van der Waals surface area contributed by atoms with Crippen LogP contribution in [-0.2, 0) is 9.59 Å². The summed E-state index contributed by atoms with van der Waals surface area (Å²) < 4.78 is 0. The van der Waals surface area contributed by atoms with Crippen molar-refractivity contribution in [2.24, 2.45) is 5.92 Å². The largest absolute Gasteiger partial charge is 0.347 e. The van der Waals surface area contributed by atoms with Gasteiger partial charge in [-0.3, -0.25) is 14.5 Å². The first-order chi connectivity index (χ1) is 9.20. The minimum Gasteiger partial charge on any atom is -0.347 e. The van der Waals surface area contributed by atoms with E-state index in [1.54, 1.807) is 0 Å². The first-order valence-electron chi connectivity index (χ1n) is 7.09. The van der Waals surface area contributed by atoms with Crippen LogP contribution < -0.4 is 5.32 Å². The summed E-state index contributed by atoms with van der Waals surface area (Å²) in [5, 5.41) is 2.74. The highest BCUT2D eigenvalue weighted by Crippen LogP contribution is 2.28. The molecule has 1 N–H and O–H groups in total. The van der Waals surface area contributed by atoms with Gasteiger partial charge in [0.05, 0.1) is 6.54 Å². The quantitative estimate of drug-likeness (QED) is 0.724. The smallest absolute Gasteiger partial charge is 0.242 e. The molecule has 2 amide bonds. The third kappa shape index (κ3) is 4.35. The third-order valence-corrected chi connectivity index (χ3v) is 3.69. The normalized spacial score (nSPS) is 20.7. The van der Waals surface area contributed by atoms with Crippen LogP contribution in [0.2, 0.25) is 0 Å². The zero-order valence-electron chi connectivity index (χ0n) is 11.4. The summed E-state index contributed by atoms with van der Waals surface area (Å²) in [5.41, 5.74) is 0. The highest BCUT2D eigenvalue weighted by atomic mass is 16.2. The van der Waals surface area contributed by atoms with Crippen LogP contribution in [0.4, 0.5) is 0 Å². The summed E-state index contributed by atoms with van der Waals surface area (Å²) in [5.74, 6) is 0.242. The van der Waals surface area contributed by atoms with Gasteiger partial charge >= 0.3 is 0 Å². The monoisotopic (exact) mass is 265 g/mol. The molecule has 0 unspecified atom stereocenters. The summed E-state index contributed by atoms with van der Waals surface area (Å²) >= 11 is 0. The Morgan fingerprint density at radius 3 is 2.68 bits per heavy atom. The Bertz CT molecular complexity index is 353. The van der Waals surface area contributed by atoms with Crippen LogP contribution in [0.1, 0.15) is 19.3 Å². The molecule has 5 nitrogen and oxygen atoms in total. The second-order valence-corrected chi connectivity index (χ2v) is 5.32. The molecule has 0 radical (unpaired) electrons. The van der Waals surface area contributed by atoms with Gasteiger partial charge in [0.1, 0.15) is 0 Å². The molecule has 1 saturated heterocycles. The molecular weight excluding hydrogens is 242 g/mol. The highest BCUT2D eigenvalue weighted by Gasteiger charge is 2.30. The van der Waals surface area contributed by atoms with Gasteiger partial charge in [-0.1, -0.05) is 6.08 Å². The van der Waals surface area contributed by atoms with Crippen molar-refractivity contribution < 1.29 is 9.59 Å². The van der Waals surface area contributed by atoms with Gasteiger partial charge in [0.25, 0.3) is 0 Å². The average molecular weight is 265 g/mol. The minimum atomic E-state index is 0.0365. The molecule has 2 fully saturated rings. The van der Waals surface area contributed by atoms with E-state index in [0.717, 1.165) is 52.0 Å². The van der Waals surface area contributed by atoms with Crippen LogP contribution in [0.3, 0.4) is 0 Å². The topological polar surface area (TPSA) is 52.6 Å². The fraction of sp³-hybridized carbons (Fsp3) is 0.714. The molecule has 5 heteroatoms. The highest BCUT2D eigenvalue weighted by molar-refractivity contribution is 5.86. The van der Waals surface area contributed by atoms with Gasteiger partial charge in [-0.25, -0.2) is 0 Å². The van der Waals surface area contributed by atoms with Gasteiger partial charge in [-0.15, -0.1) is 6.58 Å². The second kappa shape index (κ2) is 6.70. The van der Waals surface area contributed by atoms with Gasteiger partial charge in [0, 0.05) is 38.6 Å². The number of nitrogens with one attached hydrogen (secondary N) is 1. The summed E-state index contributed by atoms with van der Waals surface area (Å²) in [4.78, 5) is 27.7. The van der Waals surface area contributed by atoms with Gasteiger partial charge in [0.2, 0.25) is 11.8 Å². The molecule has 0 atom stereocenters. The first-order valence-corrected chi connectivity index (χ1v) is 7.09. The van der Waals surface area contributed by atoms with Crippen molar-refractivity contribution in [3.05, 3.63) is 12.7 Å². The molecule has 2 rings (SSSR count). The SMILES string of the molecule is C=CCN1CCCN(C(=O)CNC(=O)C2CC2)CC1. The average Bonchev–Trinajstić information content (AvgIpc) is 3.22. The summed E-state index contributed by atoms with van der Waals surface area (Å²) in [6, 6.07) is 0. The van der Waals surface area contributed by atoms with Crippen LogP contribution in [0.5, 0.6) is 0 Å². The van der Waals surface area contributed by atoms with E-state index in [4.69, 9.17) is 0 Å². The van der Waals surface area contributed by atoms with Crippen molar-refractivity contribution in [1.82, 2.24) is 15.1 Å². The molecule has 1 saturated carbocycles. The van der Waals surface area contributed by atoms with Crippen molar-refractivity contribution in [1.29, 1.82) is 0 Å². The van der Waals surface area contributed by atoms with Crippen LogP contribution >= 0.6 is 0 Å². The van der Waals surface area contributed by atoms with Gasteiger partial charge in [-0.2, -0.15) is 0 Å². The van der Waals surface area contributed by atoms with E-state index >= 15 is 0 Å². The first kappa shape index (κ1) is 14.1. The molecule has 0 aromatic rings. The predicted octanol–water partition coefficient (Wildman–Crippen LogP) is 0.233. The standard InChI is InChI=1S/C14H23N3O2/c1-2-6-16-7-3-8-17(10-9-16)13(18)11-15-14(19)12-4-5-12/h2,12H,1,3-11H2,(H,15,19). The Labute approximate surface area is 114 Å². The zero-order valence-corrected chi connectivity index (χ0v) is 11.4. The predicted molar refractivity (Wildman–Crippen MR) is 73.6 cm³/mol. The number of rotatable bonds is 5. The molecule has 2 aliphatic rings. The molecule has 1 aliphatic heterocycles. The van der Waals surface area contributed by atoms with E-state index in [9.17, 15) is 9.59 Å². The van der Waals surface area contributed by atoms with Gasteiger partial charge < -0.3 is 10.2 Å². The maximum atomic E-state index is 12.0. The molecular formula is C14H23N3O2.